The number of hydrogen-bond donors (Lipinski definition) is 2. The first-order chi connectivity index (χ1) is 7.81. The van der Waals surface area contributed by atoms with E-state index in [9.17, 15) is 4.79 Å². The molecular weight excluding hydrogens is 204 g/mol. The van der Waals surface area contributed by atoms with Crippen molar-refractivity contribution in [3.63, 3.8) is 0 Å². The average molecular weight is 226 g/mol. The Kier molecular flexibility index (Phi) is 4.04. The van der Waals surface area contributed by atoms with Crippen molar-refractivity contribution < 1.29 is 9.90 Å². The number of aliphatic hydroxyl groups excluding tert-OH is 1. The number of amides is 2. The molecule has 0 saturated heterocycles. The van der Waals surface area contributed by atoms with E-state index in [-0.39, 0.29) is 12.6 Å². The number of carbonyl (C=O) groups excluding carboxylic acids is 1. The van der Waals surface area contributed by atoms with E-state index >= 15 is 0 Å². The smallest absolute Gasteiger partial charge is 0.317 e. The second-order valence-corrected chi connectivity index (χ2v) is 4.93. The summed E-state index contributed by atoms with van der Waals surface area (Å²) in [6.45, 7) is 0.539. The van der Waals surface area contributed by atoms with Crippen molar-refractivity contribution >= 4 is 6.03 Å². The molecule has 0 spiro atoms. The summed E-state index contributed by atoms with van der Waals surface area (Å²) in [6.07, 6.45) is 8.13. The fraction of sp³-hybridized carbons (Fsp3) is 0.917. The van der Waals surface area contributed by atoms with Crippen molar-refractivity contribution in [2.45, 2.75) is 57.0 Å². The van der Waals surface area contributed by atoms with E-state index in [2.05, 4.69) is 5.32 Å². The molecule has 0 heterocycles. The van der Waals surface area contributed by atoms with E-state index < -0.39 is 0 Å². The van der Waals surface area contributed by atoms with E-state index in [1.54, 1.807) is 0 Å². The summed E-state index contributed by atoms with van der Waals surface area (Å²) in [5, 5.41) is 12.1. The van der Waals surface area contributed by atoms with Crippen molar-refractivity contribution in [3.8, 4) is 0 Å². The van der Waals surface area contributed by atoms with Crippen LogP contribution in [0, 0.1) is 0 Å². The second kappa shape index (κ2) is 5.53. The second-order valence-electron chi connectivity index (χ2n) is 4.93. The lowest BCUT2D eigenvalue weighted by Crippen LogP contribution is -2.48. The molecule has 4 heteroatoms. The summed E-state index contributed by atoms with van der Waals surface area (Å²) < 4.78 is 0. The predicted octanol–water partition coefficient (Wildman–Crippen LogP) is 1.49. The van der Waals surface area contributed by atoms with Crippen LogP contribution in [0.4, 0.5) is 4.79 Å². The van der Waals surface area contributed by atoms with Gasteiger partial charge in [-0.1, -0.05) is 19.3 Å². The molecule has 0 aromatic rings. The molecule has 0 aliphatic heterocycles. The summed E-state index contributed by atoms with van der Waals surface area (Å²) in [5.41, 5.74) is 0. The zero-order chi connectivity index (χ0) is 11.4. The van der Waals surface area contributed by atoms with Gasteiger partial charge in [0.25, 0.3) is 0 Å². The standard InChI is InChI=1S/C12H22N2O2/c15-9-8-14(11-4-2-1-3-5-11)12(16)13-10-6-7-10/h10-11,15H,1-9H2,(H,13,16). The number of carbonyl (C=O) groups is 1. The molecule has 2 aliphatic rings. The lowest BCUT2D eigenvalue weighted by molar-refractivity contribution is 0.134. The summed E-state index contributed by atoms with van der Waals surface area (Å²) in [7, 11) is 0. The Bertz CT molecular complexity index is 235. The van der Waals surface area contributed by atoms with Gasteiger partial charge in [0.05, 0.1) is 6.61 Å². The predicted molar refractivity (Wildman–Crippen MR) is 62.2 cm³/mol. The number of hydrogen-bond acceptors (Lipinski definition) is 2. The number of nitrogens with zero attached hydrogens (tertiary/aromatic N) is 1. The number of urea groups is 1. The molecule has 0 aromatic heterocycles. The first-order valence-electron chi connectivity index (χ1n) is 6.49. The van der Waals surface area contributed by atoms with Crippen LogP contribution in [0.3, 0.4) is 0 Å². The molecule has 2 rings (SSSR count). The Labute approximate surface area is 97.0 Å². The lowest BCUT2D eigenvalue weighted by atomic mass is 9.94. The van der Waals surface area contributed by atoms with Crippen molar-refractivity contribution in [1.29, 1.82) is 0 Å². The largest absolute Gasteiger partial charge is 0.395 e. The molecule has 0 bridgehead atoms. The molecule has 2 N–H and O–H groups in total. The Morgan fingerprint density at radius 1 is 1.19 bits per heavy atom. The first kappa shape index (κ1) is 11.7. The van der Waals surface area contributed by atoms with Crippen LogP contribution in [0.2, 0.25) is 0 Å². The minimum absolute atomic E-state index is 0.0310. The van der Waals surface area contributed by atoms with Gasteiger partial charge in [0.15, 0.2) is 0 Å². The highest BCUT2D eigenvalue weighted by Crippen LogP contribution is 2.24. The minimum Gasteiger partial charge on any atom is -0.395 e. The molecule has 4 nitrogen and oxygen atoms in total. The first-order valence-corrected chi connectivity index (χ1v) is 6.49. The van der Waals surface area contributed by atoms with Crippen LogP contribution in [0.15, 0.2) is 0 Å². The fourth-order valence-electron chi connectivity index (χ4n) is 2.44. The topological polar surface area (TPSA) is 52.6 Å². The van der Waals surface area contributed by atoms with Crippen LogP contribution >= 0.6 is 0 Å². The zero-order valence-electron chi connectivity index (χ0n) is 9.82. The SMILES string of the molecule is O=C(NC1CC1)N(CCO)C1CCCCC1. The third kappa shape index (κ3) is 3.11. The summed E-state index contributed by atoms with van der Waals surface area (Å²) in [4.78, 5) is 13.8. The van der Waals surface area contributed by atoms with E-state index in [4.69, 9.17) is 5.11 Å². The summed E-state index contributed by atoms with van der Waals surface area (Å²) >= 11 is 0. The molecule has 92 valence electrons. The van der Waals surface area contributed by atoms with Gasteiger partial charge in [0, 0.05) is 18.6 Å². The molecule has 2 amide bonds. The number of aliphatic hydroxyl groups is 1. The van der Waals surface area contributed by atoms with Crippen LogP contribution in [-0.4, -0.2) is 41.3 Å². The normalized spacial score (nSPS) is 21.8. The fourth-order valence-corrected chi connectivity index (χ4v) is 2.44. The molecule has 2 fully saturated rings. The zero-order valence-corrected chi connectivity index (χ0v) is 9.82. The highest BCUT2D eigenvalue weighted by atomic mass is 16.3. The molecular formula is C12H22N2O2. The highest BCUT2D eigenvalue weighted by molar-refractivity contribution is 5.75. The van der Waals surface area contributed by atoms with Crippen LogP contribution in [-0.2, 0) is 0 Å². The quantitative estimate of drug-likeness (QED) is 0.763. The van der Waals surface area contributed by atoms with Crippen molar-refractivity contribution in [1.82, 2.24) is 10.2 Å². The Morgan fingerprint density at radius 2 is 1.88 bits per heavy atom. The molecule has 0 radical (unpaired) electrons. The van der Waals surface area contributed by atoms with Gasteiger partial charge < -0.3 is 15.3 Å². The van der Waals surface area contributed by atoms with Gasteiger partial charge >= 0.3 is 6.03 Å². The van der Waals surface area contributed by atoms with Gasteiger partial charge in [-0.05, 0) is 25.7 Å². The van der Waals surface area contributed by atoms with Gasteiger partial charge in [0.2, 0.25) is 0 Å². The van der Waals surface area contributed by atoms with E-state index in [0.717, 1.165) is 25.7 Å². The number of nitrogens with one attached hydrogen (secondary N) is 1. The van der Waals surface area contributed by atoms with Gasteiger partial charge in [-0.2, -0.15) is 0 Å². The summed E-state index contributed by atoms with van der Waals surface area (Å²) in [5.74, 6) is 0. The van der Waals surface area contributed by atoms with Crippen LogP contribution in [0.1, 0.15) is 44.9 Å². The molecule has 0 atom stereocenters. The van der Waals surface area contributed by atoms with Crippen LogP contribution in [0.5, 0.6) is 0 Å². The lowest BCUT2D eigenvalue weighted by Gasteiger charge is -2.34. The maximum absolute atomic E-state index is 12.0. The molecule has 2 saturated carbocycles. The molecule has 0 aromatic carbocycles. The molecule has 2 aliphatic carbocycles. The van der Waals surface area contributed by atoms with E-state index in [1.807, 2.05) is 4.90 Å². The Balaban J connectivity index is 1.88. The Hall–Kier alpha value is -0.770. The van der Waals surface area contributed by atoms with Crippen LogP contribution < -0.4 is 5.32 Å². The highest BCUT2D eigenvalue weighted by Gasteiger charge is 2.29. The van der Waals surface area contributed by atoms with Gasteiger partial charge in [-0.25, -0.2) is 4.79 Å². The van der Waals surface area contributed by atoms with E-state index in [1.165, 1.54) is 19.3 Å². The molecule has 0 unspecified atom stereocenters. The maximum atomic E-state index is 12.0. The third-order valence-electron chi connectivity index (χ3n) is 3.52. The van der Waals surface area contributed by atoms with Crippen molar-refractivity contribution in [2.75, 3.05) is 13.2 Å². The number of rotatable bonds is 4. The maximum Gasteiger partial charge on any atom is 0.317 e. The van der Waals surface area contributed by atoms with Gasteiger partial charge in [-0.3, -0.25) is 0 Å². The minimum atomic E-state index is 0.0310. The van der Waals surface area contributed by atoms with E-state index in [0.29, 0.717) is 18.6 Å². The van der Waals surface area contributed by atoms with Crippen LogP contribution in [0.25, 0.3) is 0 Å². The average Bonchev–Trinajstić information content (AvgIpc) is 3.11. The third-order valence-corrected chi connectivity index (χ3v) is 3.52. The summed E-state index contributed by atoms with van der Waals surface area (Å²) in [6, 6.07) is 0.778. The van der Waals surface area contributed by atoms with Crippen molar-refractivity contribution in [3.05, 3.63) is 0 Å². The van der Waals surface area contributed by atoms with Gasteiger partial charge in [-0.15, -0.1) is 0 Å². The van der Waals surface area contributed by atoms with Gasteiger partial charge in [0.1, 0.15) is 0 Å². The van der Waals surface area contributed by atoms with Crippen molar-refractivity contribution in [2.24, 2.45) is 0 Å². The molecule has 16 heavy (non-hydrogen) atoms. The monoisotopic (exact) mass is 226 g/mol. The Morgan fingerprint density at radius 3 is 2.44 bits per heavy atom.